The summed E-state index contributed by atoms with van der Waals surface area (Å²) >= 11 is 5.75. The van der Waals surface area contributed by atoms with Crippen molar-refractivity contribution in [3.63, 3.8) is 0 Å². The average Bonchev–Trinajstić information content (AvgIpc) is 2.67. The Morgan fingerprint density at radius 3 is 2.39 bits per heavy atom. The van der Waals surface area contributed by atoms with E-state index >= 15 is 0 Å². The minimum absolute atomic E-state index is 0.0596. The molecule has 0 atom stereocenters. The predicted molar refractivity (Wildman–Crippen MR) is 103 cm³/mol. The Balaban J connectivity index is 1.58. The molecule has 0 spiro atoms. The smallest absolute Gasteiger partial charge is 0.321 e. The molecule has 0 saturated heterocycles. The van der Waals surface area contributed by atoms with Crippen molar-refractivity contribution >= 4 is 35.4 Å². The number of esters is 1. The van der Waals surface area contributed by atoms with Crippen LogP contribution in [-0.4, -0.2) is 43.0 Å². The number of urea groups is 1. The molecule has 1 aromatic rings. The van der Waals surface area contributed by atoms with Crippen molar-refractivity contribution in [1.29, 1.82) is 0 Å². The van der Waals surface area contributed by atoms with Gasteiger partial charge in [0, 0.05) is 23.2 Å². The zero-order valence-electron chi connectivity index (χ0n) is 15.5. The first kappa shape index (κ1) is 21.7. The minimum Gasteiger partial charge on any atom is -0.456 e. The Kier molecular flexibility index (Phi) is 8.74. The summed E-state index contributed by atoms with van der Waals surface area (Å²) in [4.78, 5) is 46.9. The van der Waals surface area contributed by atoms with Crippen LogP contribution in [0.2, 0.25) is 5.02 Å². The summed E-state index contributed by atoms with van der Waals surface area (Å²) in [6.45, 7) is -0.494. The average molecular weight is 410 g/mol. The van der Waals surface area contributed by atoms with Gasteiger partial charge in [0.15, 0.2) is 6.61 Å². The lowest BCUT2D eigenvalue weighted by Crippen LogP contribution is -2.46. The van der Waals surface area contributed by atoms with E-state index in [1.54, 1.807) is 24.3 Å². The molecule has 2 rings (SSSR count). The molecule has 0 radical (unpaired) electrons. The normalized spacial score (nSPS) is 14.0. The molecule has 1 saturated carbocycles. The van der Waals surface area contributed by atoms with E-state index < -0.39 is 24.5 Å². The number of carbonyl (C=O) groups excluding carboxylic acids is 4. The largest absolute Gasteiger partial charge is 0.456 e. The molecule has 28 heavy (non-hydrogen) atoms. The van der Waals surface area contributed by atoms with Crippen LogP contribution in [0, 0.1) is 0 Å². The molecule has 3 N–H and O–H groups in total. The number of halogens is 1. The number of carbonyl (C=O) groups is 4. The van der Waals surface area contributed by atoms with Gasteiger partial charge in [-0.1, -0.05) is 30.9 Å². The Morgan fingerprint density at radius 2 is 1.71 bits per heavy atom. The van der Waals surface area contributed by atoms with Gasteiger partial charge >= 0.3 is 12.0 Å². The maximum absolute atomic E-state index is 11.9. The summed E-state index contributed by atoms with van der Waals surface area (Å²) in [5.41, 5.74) is 0.418. The molecule has 0 heterocycles. The number of hydrogen-bond acceptors (Lipinski definition) is 5. The highest BCUT2D eigenvalue weighted by Gasteiger charge is 2.17. The van der Waals surface area contributed by atoms with Crippen LogP contribution in [0.5, 0.6) is 0 Å². The van der Waals surface area contributed by atoms with Gasteiger partial charge in [-0.3, -0.25) is 19.7 Å². The molecule has 1 fully saturated rings. The summed E-state index contributed by atoms with van der Waals surface area (Å²) in [5.74, 6) is -1.70. The molecule has 4 amide bonds. The Hall–Kier alpha value is -2.61. The monoisotopic (exact) mass is 409 g/mol. The third-order valence-corrected chi connectivity index (χ3v) is 4.53. The first-order valence-electron chi connectivity index (χ1n) is 9.24. The first-order valence-corrected chi connectivity index (χ1v) is 9.61. The van der Waals surface area contributed by atoms with E-state index in [2.05, 4.69) is 16.0 Å². The second kappa shape index (κ2) is 11.3. The second-order valence-corrected chi connectivity index (χ2v) is 6.97. The number of rotatable bonds is 7. The van der Waals surface area contributed by atoms with E-state index in [0.29, 0.717) is 10.6 Å². The summed E-state index contributed by atoms with van der Waals surface area (Å²) < 4.78 is 4.80. The highest BCUT2D eigenvalue weighted by atomic mass is 35.5. The summed E-state index contributed by atoms with van der Waals surface area (Å²) in [6.07, 6.45) is 4.99. The van der Waals surface area contributed by atoms with Crippen molar-refractivity contribution in [2.75, 3.05) is 13.2 Å². The van der Waals surface area contributed by atoms with Gasteiger partial charge in [0.1, 0.15) is 0 Å². The van der Waals surface area contributed by atoms with E-state index in [1.807, 2.05) is 0 Å². The fraction of sp³-hybridized carbons (Fsp3) is 0.474. The van der Waals surface area contributed by atoms with Crippen LogP contribution >= 0.6 is 11.6 Å². The second-order valence-electron chi connectivity index (χ2n) is 6.53. The molecular formula is C19H24ClN3O5. The van der Waals surface area contributed by atoms with Crippen molar-refractivity contribution in [1.82, 2.24) is 16.0 Å². The highest BCUT2D eigenvalue weighted by Crippen LogP contribution is 2.17. The molecule has 152 valence electrons. The molecule has 0 aromatic heterocycles. The van der Waals surface area contributed by atoms with Crippen LogP contribution < -0.4 is 16.0 Å². The predicted octanol–water partition coefficient (Wildman–Crippen LogP) is 2.16. The van der Waals surface area contributed by atoms with Crippen LogP contribution in [0.3, 0.4) is 0 Å². The minimum atomic E-state index is -0.702. The Labute approximate surface area is 168 Å². The van der Waals surface area contributed by atoms with Crippen molar-refractivity contribution in [3.05, 3.63) is 34.9 Å². The zero-order chi connectivity index (χ0) is 20.4. The lowest BCUT2D eigenvalue weighted by atomic mass is 9.96. The van der Waals surface area contributed by atoms with Crippen LogP contribution in [0.15, 0.2) is 24.3 Å². The Bertz CT molecular complexity index is 702. The van der Waals surface area contributed by atoms with Crippen LogP contribution in [0.25, 0.3) is 0 Å². The molecule has 0 aliphatic heterocycles. The van der Waals surface area contributed by atoms with Gasteiger partial charge in [-0.15, -0.1) is 0 Å². The fourth-order valence-corrected chi connectivity index (χ4v) is 2.96. The van der Waals surface area contributed by atoms with Crippen LogP contribution in [-0.2, 0) is 14.3 Å². The summed E-state index contributed by atoms with van der Waals surface area (Å²) in [5, 5.41) is 7.96. The first-order chi connectivity index (χ1) is 13.4. The molecule has 1 aliphatic rings. The number of hydrogen-bond donors (Lipinski definition) is 3. The molecule has 1 aromatic carbocycles. The summed E-state index contributed by atoms with van der Waals surface area (Å²) in [6, 6.07) is 5.82. The van der Waals surface area contributed by atoms with Gasteiger partial charge in [0.05, 0.1) is 6.42 Å². The SMILES string of the molecule is O=C(COC(=O)CCNC(=O)c1ccc(Cl)cc1)NC(=O)NC1CCCCC1. The van der Waals surface area contributed by atoms with Gasteiger partial charge in [0.25, 0.3) is 11.8 Å². The quantitative estimate of drug-likeness (QED) is 0.597. The lowest BCUT2D eigenvalue weighted by molar-refractivity contribution is -0.148. The van der Waals surface area contributed by atoms with Crippen LogP contribution in [0.1, 0.15) is 48.9 Å². The zero-order valence-corrected chi connectivity index (χ0v) is 16.2. The van der Waals surface area contributed by atoms with Gasteiger partial charge in [0.2, 0.25) is 0 Å². The topological polar surface area (TPSA) is 114 Å². The van der Waals surface area contributed by atoms with Crippen molar-refractivity contribution in [2.24, 2.45) is 0 Å². The van der Waals surface area contributed by atoms with E-state index in [1.165, 1.54) is 0 Å². The molecule has 0 unspecified atom stereocenters. The van der Waals surface area contributed by atoms with Crippen molar-refractivity contribution < 1.29 is 23.9 Å². The highest BCUT2D eigenvalue weighted by molar-refractivity contribution is 6.30. The number of ether oxygens (including phenoxy) is 1. The van der Waals surface area contributed by atoms with Crippen LogP contribution in [0.4, 0.5) is 4.79 Å². The third kappa shape index (κ3) is 7.96. The molecule has 1 aliphatic carbocycles. The van der Waals surface area contributed by atoms with Crippen molar-refractivity contribution in [3.8, 4) is 0 Å². The maximum Gasteiger partial charge on any atom is 0.321 e. The molecular weight excluding hydrogens is 386 g/mol. The van der Waals surface area contributed by atoms with Gasteiger partial charge < -0.3 is 15.4 Å². The number of amides is 4. The standard InChI is InChI=1S/C19H24ClN3O5/c20-14-8-6-13(7-9-14)18(26)21-11-10-17(25)28-12-16(24)23-19(27)22-15-4-2-1-3-5-15/h6-9,15H,1-5,10-12H2,(H,21,26)(H2,22,23,24,27). The van der Waals surface area contributed by atoms with Gasteiger partial charge in [-0.05, 0) is 37.1 Å². The number of nitrogens with one attached hydrogen (secondary N) is 3. The number of imide groups is 1. The summed E-state index contributed by atoms with van der Waals surface area (Å²) in [7, 11) is 0. The van der Waals surface area contributed by atoms with Gasteiger partial charge in [-0.2, -0.15) is 0 Å². The molecule has 8 nitrogen and oxygen atoms in total. The van der Waals surface area contributed by atoms with E-state index in [-0.39, 0.29) is 24.9 Å². The van der Waals surface area contributed by atoms with E-state index in [0.717, 1.165) is 32.1 Å². The third-order valence-electron chi connectivity index (χ3n) is 4.28. The van der Waals surface area contributed by atoms with Gasteiger partial charge in [-0.25, -0.2) is 4.79 Å². The van der Waals surface area contributed by atoms with E-state index in [9.17, 15) is 19.2 Å². The lowest BCUT2D eigenvalue weighted by Gasteiger charge is -2.22. The number of benzene rings is 1. The maximum atomic E-state index is 11.9. The van der Waals surface area contributed by atoms with E-state index in [4.69, 9.17) is 16.3 Å². The molecule has 9 heteroatoms. The fourth-order valence-electron chi connectivity index (χ4n) is 2.83. The Morgan fingerprint density at radius 1 is 1.04 bits per heavy atom. The van der Waals surface area contributed by atoms with Crippen molar-refractivity contribution in [2.45, 2.75) is 44.6 Å². The molecule has 0 bridgehead atoms.